The molecule has 1 heterocycles. The summed E-state index contributed by atoms with van der Waals surface area (Å²) in [7, 11) is 0. The van der Waals surface area contributed by atoms with E-state index in [0.29, 0.717) is 11.5 Å². The van der Waals surface area contributed by atoms with Gasteiger partial charge in [0.05, 0.1) is 0 Å². The van der Waals surface area contributed by atoms with Crippen molar-refractivity contribution in [1.29, 1.82) is 0 Å². The molecule has 0 bridgehead atoms. The molecule has 0 saturated heterocycles. The van der Waals surface area contributed by atoms with Gasteiger partial charge in [0.15, 0.2) is 0 Å². The Morgan fingerprint density at radius 1 is 1.00 bits per heavy atom. The normalized spacial score (nSPS) is 9.79. The Bertz CT molecular complexity index is 415. The van der Waals surface area contributed by atoms with Crippen LogP contribution in [0.5, 0.6) is 0 Å². The molecule has 0 N–H and O–H groups in total. The largest absolute Gasteiger partial charge is 0.443 e. The highest BCUT2D eigenvalue weighted by Crippen LogP contribution is 2.29. The van der Waals surface area contributed by atoms with E-state index in [9.17, 15) is 4.39 Å². The van der Waals surface area contributed by atoms with Crippen LogP contribution in [-0.2, 0) is 0 Å². The number of hydrogen-bond donors (Lipinski definition) is 0. The Labute approximate surface area is 81.4 Å². The van der Waals surface area contributed by atoms with Crippen molar-refractivity contribution in [2.24, 2.45) is 0 Å². The van der Waals surface area contributed by atoms with Gasteiger partial charge in [-0.15, -0.1) is 0 Å². The fourth-order valence-electron chi connectivity index (χ4n) is 1.09. The first-order chi connectivity index (χ1) is 6.86. The van der Waals surface area contributed by atoms with E-state index in [-0.39, 0.29) is 5.82 Å². The van der Waals surface area contributed by atoms with E-state index < -0.39 is 0 Å². The van der Waals surface area contributed by atoms with Crippen molar-refractivity contribution in [3.05, 3.63) is 59.8 Å². The average molecular weight is 187 g/mol. The third kappa shape index (κ3) is 1.88. The first-order valence-electron chi connectivity index (χ1n) is 4.23. The lowest BCUT2D eigenvalue weighted by molar-refractivity contribution is 0.633. The second-order valence-electron chi connectivity index (χ2n) is 2.75. The van der Waals surface area contributed by atoms with Crippen molar-refractivity contribution in [2.45, 2.75) is 0 Å². The maximum absolute atomic E-state index is 13.2. The van der Waals surface area contributed by atoms with E-state index in [1.807, 2.05) is 6.07 Å². The quantitative estimate of drug-likeness (QED) is 0.706. The summed E-state index contributed by atoms with van der Waals surface area (Å²) in [6, 6.07) is 11.7. The zero-order valence-electron chi connectivity index (χ0n) is 7.39. The zero-order chi connectivity index (χ0) is 9.80. The summed E-state index contributed by atoms with van der Waals surface area (Å²) in [5.41, 5.74) is 0.311. The molecular formula is C11H8FN2-. The van der Waals surface area contributed by atoms with Crippen molar-refractivity contribution >= 4 is 11.5 Å². The van der Waals surface area contributed by atoms with Crippen LogP contribution in [-0.4, -0.2) is 4.98 Å². The number of hydrogen-bond acceptors (Lipinski definition) is 1. The third-order valence-corrected chi connectivity index (χ3v) is 1.74. The smallest absolute Gasteiger partial charge is 0.126 e. The summed E-state index contributed by atoms with van der Waals surface area (Å²) in [5.74, 6) is 0.177. The fourth-order valence-corrected chi connectivity index (χ4v) is 1.09. The molecule has 2 rings (SSSR count). The van der Waals surface area contributed by atoms with Crippen molar-refractivity contribution in [3.8, 4) is 0 Å². The number of halogens is 1. The standard InChI is InChI=1S/C11H8FN2/c12-9-5-1-2-6-10(9)14-11-7-3-4-8-13-11/h1-8H/q-1. The first-order valence-corrected chi connectivity index (χ1v) is 4.23. The van der Waals surface area contributed by atoms with Crippen molar-refractivity contribution in [1.82, 2.24) is 4.98 Å². The molecule has 0 aliphatic rings. The molecule has 0 aliphatic carbocycles. The predicted octanol–water partition coefficient (Wildman–Crippen LogP) is 3.56. The van der Waals surface area contributed by atoms with Gasteiger partial charge in [-0.3, -0.25) is 0 Å². The molecule has 0 spiro atoms. The number of nitrogens with zero attached hydrogens (tertiary/aromatic N) is 2. The van der Waals surface area contributed by atoms with Gasteiger partial charge in [0, 0.05) is 0 Å². The molecule has 0 aliphatic heterocycles. The molecule has 0 fully saturated rings. The summed E-state index contributed by atoms with van der Waals surface area (Å²) in [5, 5.41) is 4.05. The van der Waals surface area contributed by atoms with Crippen molar-refractivity contribution in [2.75, 3.05) is 0 Å². The van der Waals surface area contributed by atoms with Crippen LogP contribution in [0.3, 0.4) is 0 Å². The third-order valence-electron chi connectivity index (χ3n) is 1.74. The Hall–Kier alpha value is -1.90. The van der Waals surface area contributed by atoms with Crippen LogP contribution in [0, 0.1) is 5.82 Å². The van der Waals surface area contributed by atoms with Gasteiger partial charge in [-0.05, 0) is 11.8 Å². The molecule has 0 unspecified atom stereocenters. The average Bonchev–Trinajstić information content (AvgIpc) is 2.23. The highest BCUT2D eigenvalue weighted by molar-refractivity contribution is 5.62. The molecule has 1 aromatic carbocycles. The van der Waals surface area contributed by atoms with Crippen LogP contribution in [0.1, 0.15) is 0 Å². The summed E-state index contributed by atoms with van der Waals surface area (Å²) in [6.45, 7) is 0. The molecule has 2 aromatic rings. The highest BCUT2D eigenvalue weighted by Gasteiger charge is 1.93. The van der Waals surface area contributed by atoms with E-state index in [2.05, 4.69) is 10.3 Å². The molecular weight excluding hydrogens is 179 g/mol. The van der Waals surface area contributed by atoms with Gasteiger partial charge in [-0.1, -0.05) is 48.4 Å². The molecule has 70 valence electrons. The lowest BCUT2D eigenvalue weighted by atomic mass is 10.3. The molecule has 3 heteroatoms. The second kappa shape index (κ2) is 3.87. The topological polar surface area (TPSA) is 27.0 Å². The van der Waals surface area contributed by atoms with E-state index in [1.54, 1.807) is 36.5 Å². The zero-order valence-corrected chi connectivity index (χ0v) is 7.39. The van der Waals surface area contributed by atoms with E-state index in [0.717, 1.165) is 0 Å². The Kier molecular flexibility index (Phi) is 2.40. The predicted molar refractivity (Wildman–Crippen MR) is 53.3 cm³/mol. The number of benzene rings is 1. The first kappa shape index (κ1) is 8.69. The van der Waals surface area contributed by atoms with Gasteiger partial charge in [-0.25, -0.2) is 4.39 Å². The fraction of sp³-hybridized carbons (Fsp3) is 0. The van der Waals surface area contributed by atoms with Gasteiger partial charge < -0.3 is 10.3 Å². The van der Waals surface area contributed by atoms with E-state index in [1.165, 1.54) is 6.07 Å². The van der Waals surface area contributed by atoms with Crippen LogP contribution in [0.15, 0.2) is 48.7 Å². The maximum atomic E-state index is 13.2. The monoisotopic (exact) mass is 187 g/mol. The molecule has 14 heavy (non-hydrogen) atoms. The number of aromatic nitrogens is 1. The minimum Gasteiger partial charge on any atom is -0.443 e. The van der Waals surface area contributed by atoms with Gasteiger partial charge in [0.1, 0.15) is 5.82 Å². The lowest BCUT2D eigenvalue weighted by Crippen LogP contribution is -1.77. The molecule has 2 nitrogen and oxygen atoms in total. The number of para-hydroxylation sites is 1. The summed E-state index contributed by atoms with van der Waals surface area (Å²) in [4.78, 5) is 3.98. The molecule has 0 saturated carbocycles. The summed E-state index contributed by atoms with van der Waals surface area (Å²) in [6.07, 6.45) is 1.62. The number of rotatable bonds is 2. The molecule has 0 amide bonds. The molecule has 0 radical (unpaired) electrons. The van der Waals surface area contributed by atoms with E-state index in [4.69, 9.17) is 0 Å². The van der Waals surface area contributed by atoms with Crippen molar-refractivity contribution < 1.29 is 4.39 Å². The Morgan fingerprint density at radius 2 is 1.79 bits per heavy atom. The maximum Gasteiger partial charge on any atom is 0.126 e. The Morgan fingerprint density at radius 3 is 2.50 bits per heavy atom. The Balaban J connectivity index is 2.24. The molecule has 0 atom stereocenters. The summed E-state index contributed by atoms with van der Waals surface area (Å²) >= 11 is 0. The summed E-state index contributed by atoms with van der Waals surface area (Å²) < 4.78 is 13.2. The van der Waals surface area contributed by atoms with Crippen LogP contribution < -0.4 is 0 Å². The van der Waals surface area contributed by atoms with Crippen LogP contribution in [0.25, 0.3) is 5.32 Å². The minimum absolute atomic E-state index is 0.311. The SMILES string of the molecule is Fc1ccccc1[N-]c1ccccn1. The molecule has 1 aromatic heterocycles. The van der Waals surface area contributed by atoms with Gasteiger partial charge in [-0.2, -0.15) is 0 Å². The second-order valence-corrected chi connectivity index (χ2v) is 2.75. The lowest BCUT2D eigenvalue weighted by Gasteiger charge is -2.14. The van der Waals surface area contributed by atoms with Crippen LogP contribution >= 0.6 is 0 Å². The van der Waals surface area contributed by atoms with Crippen LogP contribution in [0.2, 0.25) is 0 Å². The number of pyridine rings is 1. The van der Waals surface area contributed by atoms with Crippen molar-refractivity contribution in [3.63, 3.8) is 0 Å². The van der Waals surface area contributed by atoms with E-state index >= 15 is 0 Å². The van der Waals surface area contributed by atoms with Crippen LogP contribution in [0.4, 0.5) is 15.9 Å². The van der Waals surface area contributed by atoms with Gasteiger partial charge in [0.2, 0.25) is 0 Å². The highest BCUT2D eigenvalue weighted by atomic mass is 19.1. The van der Waals surface area contributed by atoms with Gasteiger partial charge in [0.25, 0.3) is 0 Å². The minimum atomic E-state index is -0.335. The van der Waals surface area contributed by atoms with Gasteiger partial charge >= 0.3 is 0 Å².